The fraction of sp³-hybridized carbons (Fsp3) is 0.444. The van der Waals surface area contributed by atoms with Crippen molar-refractivity contribution in [3.8, 4) is 5.75 Å². The number of amides is 1. The molecular weight excluding hydrogens is 304 g/mol. The maximum atomic E-state index is 12.5. The minimum Gasteiger partial charge on any atom is -0.492 e. The van der Waals surface area contributed by atoms with Gasteiger partial charge in [-0.25, -0.2) is 0 Å². The predicted molar refractivity (Wildman–Crippen MR) is 93.2 cm³/mol. The number of nitrogens with zero attached hydrogens (tertiary/aromatic N) is 3. The predicted octanol–water partition coefficient (Wildman–Crippen LogP) is 2.12. The second-order valence-corrected chi connectivity index (χ2v) is 6.11. The number of hydrogen-bond acceptors (Lipinski definition) is 4. The van der Waals surface area contributed by atoms with Gasteiger partial charge in [0.05, 0.1) is 12.2 Å². The van der Waals surface area contributed by atoms with E-state index in [1.165, 1.54) is 0 Å². The van der Waals surface area contributed by atoms with Gasteiger partial charge in [0.2, 0.25) is 5.91 Å². The van der Waals surface area contributed by atoms with Crippen LogP contribution in [0.5, 0.6) is 5.75 Å². The minimum atomic E-state index is -0.0249. The van der Waals surface area contributed by atoms with E-state index in [0.717, 1.165) is 41.4 Å². The molecule has 6 nitrogen and oxygen atoms in total. The average molecular weight is 328 g/mol. The lowest BCUT2D eigenvalue weighted by Crippen LogP contribution is -2.34. The summed E-state index contributed by atoms with van der Waals surface area (Å²) in [5.74, 6) is 1.67. The molecule has 2 aromatic rings. The normalized spacial score (nSPS) is 14.6. The SMILES string of the molecule is CCc1nn(C)c(NC(=O)CN2CCOc3ccccc3C2)c1C. The molecule has 0 radical (unpaired) electrons. The molecule has 0 spiro atoms. The summed E-state index contributed by atoms with van der Waals surface area (Å²) in [6.07, 6.45) is 0.857. The van der Waals surface area contributed by atoms with Gasteiger partial charge in [0.15, 0.2) is 0 Å². The highest BCUT2D eigenvalue weighted by atomic mass is 16.5. The Morgan fingerprint density at radius 1 is 1.38 bits per heavy atom. The van der Waals surface area contributed by atoms with Crippen LogP contribution in [0.3, 0.4) is 0 Å². The number of aryl methyl sites for hydroxylation is 2. The van der Waals surface area contributed by atoms with Crippen LogP contribution in [0.4, 0.5) is 5.82 Å². The molecule has 0 aliphatic carbocycles. The van der Waals surface area contributed by atoms with Gasteiger partial charge in [0.25, 0.3) is 0 Å². The van der Waals surface area contributed by atoms with Crippen molar-refractivity contribution in [1.82, 2.24) is 14.7 Å². The minimum absolute atomic E-state index is 0.0249. The van der Waals surface area contributed by atoms with Gasteiger partial charge in [-0.2, -0.15) is 5.10 Å². The molecule has 1 aliphatic rings. The fourth-order valence-electron chi connectivity index (χ4n) is 3.09. The average Bonchev–Trinajstić information content (AvgIpc) is 2.74. The number of carbonyl (C=O) groups is 1. The van der Waals surface area contributed by atoms with Gasteiger partial charge < -0.3 is 10.1 Å². The largest absolute Gasteiger partial charge is 0.492 e. The lowest BCUT2D eigenvalue weighted by atomic mass is 10.2. The van der Waals surface area contributed by atoms with Gasteiger partial charge in [0, 0.05) is 31.3 Å². The zero-order chi connectivity index (χ0) is 17.1. The quantitative estimate of drug-likeness (QED) is 0.934. The zero-order valence-corrected chi connectivity index (χ0v) is 14.5. The molecule has 1 aliphatic heterocycles. The van der Waals surface area contributed by atoms with Crippen molar-refractivity contribution in [3.05, 3.63) is 41.1 Å². The van der Waals surface area contributed by atoms with Crippen LogP contribution >= 0.6 is 0 Å². The van der Waals surface area contributed by atoms with Crippen molar-refractivity contribution in [3.63, 3.8) is 0 Å². The molecule has 0 saturated heterocycles. The van der Waals surface area contributed by atoms with Gasteiger partial charge in [-0.1, -0.05) is 25.1 Å². The van der Waals surface area contributed by atoms with E-state index in [1.807, 2.05) is 38.2 Å². The monoisotopic (exact) mass is 328 g/mol. The van der Waals surface area contributed by atoms with E-state index in [2.05, 4.69) is 22.2 Å². The molecule has 0 unspecified atom stereocenters. The molecule has 3 rings (SSSR count). The summed E-state index contributed by atoms with van der Waals surface area (Å²) < 4.78 is 7.49. The lowest BCUT2D eigenvalue weighted by Gasteiger charge is -2.18. The molecular formula is C18H24N4O2. The van der Waals surface area contributed by atoms with Crippen LogP contribution in [-0.2, 0) is 24.8 Å². The van der Waals surface area contributed by atoms with Crippen LogP contribution in [0, 0.1) is 6.92 Å². The molecule has 1 aromatic carbocycles. The van der Waals surface area contributed by atoms with Gasteiger partial charge in [-0.15, -0.1) is 0 Å². The number of benzene rings is 1. The van der Waals surface area contributed by atoms with Crippen molar-refractivity contribution in [2.45, 2.75) is 26.8 Å². The maximum Gasteiger partial charge on any atom is 0.239 e. The fourth-order valence-corrected chi connectivity index (χ4v) is 3.09. The summed E-state index contributed by atoms with van der Waals surface area (Å²) in [5.41, 5.74) is 3.18. The highest BCUT2D eigenvalue weighted by Crippen LogP contribution is 2.22. The second-order valence-electron chi connectivity index (χ2n) is 6.11. The topological polar surface area (TPSA) is 59.4 Å². The van der Waals surface area contributed by atoms with E-state index in [9.17, 15) is 4.79 Å². The molecule has 6 heteroatoms. The first-order valence-corrected chi connectivity index (χ1v) is 8.34. The van der Waals surface area contributed by atoms with Gasteiger partial charge >= 0.3 is 0 Å². The highest BCUT2D eigenvalue weighted by Gasteiger charge is 2.19. The Labute approximate surface area is 142 Å². The number of nitrogens with one attached hydrogen (secondary N) is 1. The molecule has 1 aromatic heterocycles. The number of aromatic nitrogens is 2. The number of fused-ring (bicyclic) bond motifs is 1. The third-order valence-corrected chi connectivity index (χ3v) is 4.37. The Morgan fingerprint density at radius 2 is 2.17 bits per heavy atom. The molecule has 24 heavy (non-hydrogen) atoms. The number of ether oxygens (including phenoxy) is 1. The Hall–Kier alpha value is -2.34. The van der Waals surface area contributed by atoms with Crippen molar-refractivity contribution in [1.29, 1.82) is 0 Å². The van der Waals surface area contributed by atoms with Crippen molar-refractivity contribution < 1.29 is 9.53 Å². The van der Waals surface area contributed by atoms with Gasteiger partial charge in [-0.05, 0) is 19.4 Å². The van der Waals surface area contributed by atoms with E-state index < -0.39 is 0 Å². The number of rotatable bonds is 4. The molecule has 0 fully saturated rings. The Kier molecular flexibility index (Phi) is 4.85. The van der Waals surface area contributed by atoms with Crippen LogP contribution in [0.15, 0.2) is 24.3 Å². The summed E-state index contributed by atoms with van der Waals surface area (Å²) in [6.45, 7) is 6.44. The zero-order valence-electron chi connectivity index (χ0n) is 14.5. The smallest absolute Gasteiger partial charge is 0.239 e. The first-order valence-electron chi connectivity index (χ1n) is 8.34. The van der Waals surface area contributed by atoms with Crippen molar-refractivity contribution >= 4 is 11.7 Å². The third kappa shape index (κ3) is 3.43. The third-order valence-electron chi connectivity index (χ3n) is 4.37. The summed E-state index contributed by atoms with van der Waals surface area (Å²) in [7, 11) is 1.86. The van der Waals surface area contributed by atoms with Gasteiger partial charge in [0.1, 0.15) is 18.2 Å². The van der Waals surface area contributed by atoms with E-state index in [4.69, 9.17) is 4.74 Å². The number of anilines is 1. The summed E-state index contributed by atoms with van der Waals surface area (Å²) >= 11 is 0. The standard InChI is InChI=1S/C18H24N4O2/c1-4-15-13(2)18(21(3)20-15)19-17(23)12-22-9-10-24-16-8-6-5-7-14(16)11-22/h5-8H,4,9-12H2,1-3H3,(H,19,23). The number of para-hydroxylation sites is 1. The first kappa shape index (κ1) is 16.5. The summed E-state index contributed by atoms with van der Waals surface area (Å²) in [5, 5.41) is 7.45. The Morgan fingerprint density at radius 3 is 2.92 bits per heavy atom. The van der Waals surface area contributed by atoms with Crippen LogP contribution in [0.1, 0.15) is 23.7 Å². The molecule has 1 N–H and O–H groups in total. The molecule has 1 amide bonds. The summed E-state index contributed by atoms with van der Waals surface area (Å²) in [4.78, 5) is 14.6. The van der Waals surface area contributed by atoms with E-state index in [-0.39, 0.29) is 5.91 Å². The Balaban J connectivity index is 1.66. The Bertz CT molecular complexity index is 739. The first-order chi connectivity index (χ1) is 11.6. The molecule has 128 valence electrons. The van der Waals surface area contributed by atoms with E-state index in [0.29, 0.717) is 19.7 Å². The highest BCUT2D eigenvalue weighted by molar-refractivity contribution is 5.92. The number of hydrogen-bond donors (Lipinski definition) is 1. The molecule has 0 atom stereocenters. The van der Waals surface area contributed by atoms with Crippen molar-refractivity contribution in [2.75, 3.05) is 25.0 Å². The van der Waals surface area contributed by atoms with Crippen LogP contribution in [-0.4, -0.2) is 40.3 Å². The molecule has 0 saturated carbocycles. The second kappa shape index (κ2) is 7.05. The van der Waals surface area contributed by atoms with Crippen LogP contribution in [0.25, 0.3) is 0 Å². The van der Waals surface area contributed by atoms with E-state index in [1.54, 1.807) is 4.68 Å². The van der Waals surface area contributed by atoms with E-state index >= 15 is 0 Å². The lowest BCUT2D eigenvalue weighted by molar-refractivity contribution is -0.117. The van der Waals surface area contributed by atoms with Crippen molar-refractivity contribution in [2.24, 2.45) is 7.05 Å². The maximum absolute atomic E-state index is 12.5. The molecule has 2 heterocycles. The van der Waals surface area contributed by atoms with Crippen LogP contribution in [0.2, 0.25) is 0 Å². The van der Waals surface area contributed by atoms with Crippen LogP contribution < -0.4 is 10.1 Å². The number of carbonyl (C=O) groups excluding carboxylic acids is 1. The summed E-state index contributed by atoms with van der Waals surface area (Å²) in [6, 6.07) is 7.99. The molecule has 0 bridgehead atoms. The van der Waals surface area contributed by atoms with Gasteiger partial charge in [-0.3, -0.25) is 14.4 Å².